The molecule has 2 rings (SSSR count). The molecule has 19 heavy (non-hydrogen) atoms. The smallest absolute Gasteiger partial charge is 0.125 e. The maximum atomic E-state index is 5.93. The van der Waals surface area contributed by atoms with Crippen LogP contribution in [0.1, 0.15) is 22.3 Å². The number of ether oxygens (including phenoxy) is 1. The average Bonchev–Trinajstić information content (AvgIpc) is 2.37. The number of rotatable bonds is 4. The largest absolute Gasteiger partial charge is 0.488 e. The van der Waals surface area contributed by atoms with Crippen LogP contribution in [0.15, 0.2) is 35.1 Å². The zero-order chi connectivity index (χ0) is 13.8. The Morgan fingerprint density at radius 2 is 1.74 bits per heavy atom. The van der Waals surface area contributed by atoms with E-state index >= 15 is 0 Å². The van der Waals surface area contributed by atoms with E-state index in [1.165, 1.54) is 5.56 Å². The second kappa shape index (κ2) is 6.53. The highest BCUT2D eigenvalue weighted by atomic mass is 79.9. The molecule has 0 bridgehead atoms. The van der Waals surface area contributed by atoms with Gasteiger partial charge in [0.25, 0.3) is 0 Å². The van der Waals surface area contributed by atoms with Gasteiger partial charge in [0.05, 0.1) is 0 Å². The number of pyridine rings is 1. The highest BCUT2D eigenvalue weighted by Crippen LogP contribution is 2.26. The monoisotopic (exact) mass is 383 g/mol. The molecule has 2 nitrogen and oxygen atoms in total. The summed E-state index contributed by atoms with van der Waals surface area (Å²) in [6.07, 6.45) is 3.59. The van der Waals surface area contributed by atoms with E-state index in [0.29, 0.717) is 6.61 Å². The molecule has 0 radical (unpaired) electrons. The fraction of sp³-hybridized carbons (Fsp3) is 0.267. The predicted molar refractivity (Wildman–Crippen MR) is 84.8 cm³/mol. The van der Waals surface area contributed by atoms with Gasteiger partial charge >= 0.3 is 0 Å². The summed E-state index contributed by atoms with van der Waals surface area (Å²) in [5, 5.41) is 0.866. The number of hydrogen-bond acceptors (Lipinski definition) is 2. The molecule has 0 atom stereocenters. The van der Waals surface area contributed by atoms with E-state index in [-0.39, 0.29) is 0 Å². The van der Waals surface area contributed by atoms with Gasteiger partial charge in [-0.3, -0.25) is 4.98 Å². The summed E-state index contributed by atoms with van der Waals surface area (Å²) < 4.78 is 6.90. The minimum Gasteiger partial charge on any atom is -0.488 e. The van der Waals surface area contributed by atoms with Crippen molar-refractivity contribution in [3.8, 4) is 5.75 Å². The normalized spacial score (nSPS) is 10.5. The van der Waals surface area contributed by atoms with Crippen molar-refractivity contribution >= 4 is 31.9 Å². The van der Waals surface area contributed by atoms with Gasteiger partial charge in [0.15, 0.2) is 0 Å². The second-order valence-corrected chi connectivity index (χ2v) is 5.97. The Hall–Kier alpha value is -0.870. The van der Waals surface area contributed by atoms with Crippen LogP contribution in [0, 0.1) is 13.8 Å². The van der Waals surface area contributed by atoms with Gasteiger partial charge < -0.3 is 4.74 Å². The number of benzene rings is 1. The molecule has 0 aliphatic heterocycles. The van der Waals surface area contributed by atoms with Crippen molar-refractivity contribution in [2.75, 3.05) is 0 Å². The van der Waals surface area contributed by atoms with Gasteiger partial charge in [-0.1, -0.05) is 28.1 Å². The molecule has 0 aliphatic carbocycles. The summed E-state index contributed by atoms with van der Waals surface area (Å²) >= 11 is 6.89. The summed E-state index contributed by atoms with van der Waals surface area (Å²) in [6, 6.07) is 6.32. The standard InChI is InChI=1S/C15H15Br2NO/c1-10-3-12(6-16)4-11(2)15(10)19-9-13-5-14(17)8-18-7-13/h3-5,7-8H,6,9H2,1-2H3. The van der Waals surface area contributed by atoms with Crippen LogP contribution in [0.2, 0.25) is 0 Å². The van der Waals surface area contributed by atoms with Crippen LogP contribution < -0.4 is 4.74 Å². The van der Waals surface area contributed by atoms with Crippen molar-refractivity contribution < 1.29 is 4.74 Å². The fourth-order valence-electron chi connectivity index (χ4n) is 2.04. The number of aromatic nitrogens is 1. The van der Waals surface area contributed by atoms with Crippen molar-refractivity contribution in [3.05, 3.63) is 57.3 Å². The third-order valence-corrected chi connectivity index (χ3v) is 3.90. The quantitative estimate of drug-likeness (QED) is 0.697. The molecule has 0 N–H and O–H groups in total. The zero-order valence-electron chi connectivity index (χ0n) is 10.9. The minimum atomic E-state index is 0.530. The molecule has 0 fully saturated rings. The molecule has 1 aromatic heterocycles. The van der Waals surface area contributed by atoms with Crippen molar-refractivity contribution in [1.29, 1.82) is 0 Å². The summed E-state index contributed by atoms with van der Waals surface area (Å²) in [7, 11) is 0. The summed E-state index contributed by atoms with van der Waals surface area (Å²) in [4.78, 5) is 4.14. The number of hydrogen-bond donors (Lipinski definition) is 0. The summed E-state index contributed by atoms with van der Waals surface area (Å²) in [6.45, 7) is 4.68. The van der Waals surface area contributed by atoms with Gasteiger partial charge in [0.1, 0.15) is 12.4 Å². The van der Waals surface area contributed by atoms with Gasteiger partial charge in [-0.2, -0.15) is 0 Å². The Balaban J connectivity index is 2.16. The lowest BCUT2D eigenvalue weighted by molar-refractivity contribution is 0.301. The van der Waals surface area contributed by atoms with Crippen LogP contribution in [0.3, 0.4) is 0 Å². The fourth-order valence-corrected chi connectivity index (χ4v) is 2.77. The number of aryl methyl sites for hydroxylation is 2. The van der Waals surface area contributed by atoms with Crippen LogP contribution in [0.4, 0.5) is 0 Å². The lowest BCUT2D eigenvalue weighted by Gasteiger charge is -2.13. The first-order valence-corrected chi connectivity index (χ1v) is 7.90. The number of alkyl halides is 1. The van der Waals surface area contributed by atoms with Gasteiger partial charge in [-0.05, 0) is 52.5 Å². The molecule has 0 saturated carbocycles. The lowest BCUT2D eigenvalue weighted by Crippen LogP contribution is -2.00. The van der Waals surface area contributed by atoms with E-state index in [0.717, 1.165) is 32.2 Å². The molecule has 1 aromatic carbocycles. The van der Waals surface area contributed by atoms with Crippen LogP contribution in [0.25, 0.3) is 0 Å². The summed E-state index contributed by atoms with van der Waals surface area (Å²) in [5.74, 6) is 0.963. The Bertz CT molecular complexity index is 561. The first-order valence-electron chi connectivity index (χ1n) is 5.98. The molecule has 2 aromatic rings. The van der Waals surface area contributed by atoms with E-state index in [2.05, 4.69) is 62.8 Å². The molecular weight excluding hydrogens is 370 g/mol. The van der Waals surface area contributed by atoms with Crippen molar-refractivity contribution in [2.24, 2.45) is 0 Å². The molecule has 1 heterocycles. The van der Waals surface area contributed by atoms with Crippen molar-refractivity contribution in [2.45, 2.75) is 25.8 Å². The van der Waals surface area contributed by atoms with Crippen LogP contribution >= 0.6 is 31.9 Å². The highest BCUT2D eigenvalue weighted by molar-refractivity contribution is 9.10. The van der Waals surface area contributed by atoms with Gasteiger partial charge in [-0.15, -0.1) is 0 Å². The number of nitrogens with zero attached hydrogens (tertiary/aromatic N) is 1. The molecule has 0 unspecified atom stereocenters. The van der Waals surface area contributed by atoms with Crippen LogP contribution in [-0.2, 0) is 11.9 Å². The Morgan fingerprint density at radius 3 is 2.32 bits per heavy atom. The van der Waals surface area contributed by atoms with E-state index in [1.807, 2.05) is 12.3 Å². The maximum Gasteiger partial charge on any atom is 0.125 e. The Kier molecular flexibility index (Phi) is 4.99. The van der Waals surface area contributed by atoms with Gasteiger partial charge in [0.2, 0.25) is 0 Å². The van der Waals surface area contributed by atoms with Crippen LogP contribution in [-0.4, -0.2) is 4.98 Å². The number of halogens is 2. The van der Waals surface area contributed by atoms with E-state index in [4.69, 9.17) is 4.74 Å². The predicted octanol–water partition coefficient (Wildman–Crippen LogP) is 4.93. The minimum absolute atomic E-state index is 0.530. The van der Waals surface area contributed by atoms with Gasteiger partial charge in [-0.25, -0.2) is 0 Å². The topological polar surface area (TPSA) is 22.1 Å². The van der Waals surface area contributed by atoms with Gasteiger partial charge in [0, 0.05) is 27.8 Å². The lowest BCUT2D eigenvalue weighted by atomic mass is 10.1. The summed E-state index contributed by atoms with van der Waals surface area (Å²) in [5.41, 5.74) is 4.65. The van der Waals surface area contributed by atoms with E-state index in [1.54, 1.807) is 6.20 Å². The Labute approximate surface area is 130 Å². The van der Waals surface area contributed by atoms with E-state index < -0.39 is 0 Å². The molecule has 4 heteroatoms. The molecule has 0 aliphatic rings. The van der Waals surface area contributed by atoms with Crippen molar-refractivity contribution in [3.63, 3.8) is 0 Å². The van der Waals surface area contributed by atoms with Crippen LogP contribution in [0.5, 0.6) is 5.75 Å². The average molecular weight is 385 g/mol. The SMILES string of the molecule is Cc1cc(CBr)cc(C)c1OCc1cncc(Br)c1. The third-order valence-electron chi connectivity index (χ3n) is 2.82. The maximum absolute atomic E-state index is 5.93. The zero-order valence-corrected chi connectivity index (χ0v) is 14.1. The molecule has 0 amide bonds. The Morgan fingerprint density at radius 1 is 1.05 bits per heavy atom. The molecule has 100 valence electrons. The van der Waals surface area contributed by atoms with E-state index in [9.17, 15) is 0 Å². The first kappa shape index (κ1) is 14.5. The third kappa shape index (κ3) is 3.80. The molecule has 0 spiro atoms. The van der Waals surface area contributed by atoms with Crippen molar-refractivity contribution in [1.82, 2.24) is 4.98 Å². The molecule has 0 saturated heterocycles. The highest BCUT2D eigenvalue weighted by Gasteiger charge is 2.07. The first-order chi connectivity index (χ1) is 9.10. The second-order valence-electron chi connectivity index (χ2n) is 4.49. The molecular formula is C15H15Br2NO.